The van der Waals surface area contributed by atoms with Gasteiger partial charge in [-0.15, -0.1) is 0 Å². The number of methoxy groups -OCH3 is 1. The molecule has 0 aromatic heterocycles. The summed E-state index contributed by atoms with van der Waals surface area (Å²) in [4.78, 5) is 30.3. The normalized spacial score (nSPS) is 17.8. The van der Waals surface area contributed by atoms with E-state index in [1.54, 1.807) is 16.9 Å². The van der Waals surface area contributed by atoms with E-state index in [0.29, 0.717) is 25.2 Å². The highest BCUT2D eigenvalue weighted by Crippen LogP contribution is 2.36. The summed E-state index contributed by atoms with van der Waals surface area (Å²) >= 11 is 0. The number of rotatable bonds is 6. The van der Waals surface area contributed by atoms with Gasteiger partial charge in [-0.05, 0) is 35.4 Å². The Kier molecular flexibility index (Phi) is 6.55. The Morgan fingerprint density at radius 1 is 0.938 bits per heavy atom. The first-order valence-corrected chi connectivity index (χ1v) is 10.8. The number of hydrogen-bond donors (Lipinski definition) is 0. The van der Waals surface area contributed by atoms with Gasteiger partial charge < -0.3 is 14.5 Å². The highest BCUT2D eigenvalue weighted by atomic mass is 16.5. The zero-order chi connectivity index (χ0) is 22.5. The van der Waals surface area contributed by atoms with Crippen molar-refractivity contribution in [2.75, 3.05) is 27.2 Å². The number of ether oxygens (including phenoxy) is 1. The molecule has 32 heavy (non-hydrogen) atoms. The van der Waals surface area contributed by atoms with Crippen molar-refractivity contribution in [2.24, 2.45) is 5.92 Å². The van der Waals surface area contributed by atoms with Gasteiger partial charge in [-0.3, -0.25) is 9.59 Å². The molecule has 5 nitrogen and oxygen atoms in total. The fraction of sp³-hybridized carbons (Fsp3) is 0.259. The molecule has 3 aromatic carbocycles. The highest BCUT2D eigenvalue weighted by Gasteiger charge is 2.41. The van der Waals surface area contributed by atoms with E-state index in [0.717, 1.165) is 16.9 Å². The summed E-state index contributed by atoms with van der Waals surface area (Å²) in [5.74, 6) is 0.343. The standard InChI is InChI=1S/C27H28N2O3/c1-28(17-20-10-5-3-6-11-20)27(31)25-19-29(26(30)21-12-7-4-8-13-21)18-24(25)22-14-9-15-23(16-22)32-2/h3-16,24-25H,17-19H2,1-2H3/t24-,25-/m0/s1. The van der Waals surface area contributed by atoms with Crippen LogP contribution in [0.25, 0.3) is 0 Å². The molecule has 0 spiro atoms. The predicted molar refractivity (Wildman–Crippen MR) is 124 cm³/mol. The number of carbonyl (C=O) groups excluding carboxylic acids is 2. The van der Waals surface area contributed by atoms with E-state index in [-0.39, 0.29) is 23.7 Å². The SMILES string of the molecule is COc1cccc([C@@H]2CN(C(=O)c3ccccc3)C[C@@H]2C(=O)N(C)Cc2ccccc2)c1. The van der Waals surface area contributed by atoms with E-state index in [1.165, 1.54) is 0 Å². The second-order valence-electron chi connectivity index (χ2n) is 8.25. The lowest BCUT2D eigenvalue weighted by molar-refractivity contribution is -0.134. The van der Waals surface area contributed by atoms with Crippen molar-refractivity contribution in [3.05, 3.63) is 102 Å². The van der Waals surface area contributed by atoms with Crippen LogP contribution in [0.2, 0.25) is 0 Å². The lowest BCUT2D eigenvalue weighted by Gasteiger charge is -2.25. The molecule has 0 saturated carbocycles. The molecular weight excluding hydrogens is 400 g/mol. The minimum atomic E-state index is -0.316. The van der Waals surface area contributed by atoms with Gasteiger partial charge in [0, 0.05) is 38.2 Å². The van der Waals surface area contributed by atoms with E-state index >= 15 is 0 Å². The molecule has 3 aromatic rings. The molecule has 0 N–H and O–H groups in total. The first kappa shape index (κ1) is 21.6. The Bertz CT molecular complexity index is 1070. The molecule has 2 amide bonds. The van der Waals surface area contributed by atoms with Crippen molar-refractivity contribution in [3.63, 3.8) is 0 Å². The topological polar surface area (TPSA) is 49.9 Å². The Morgan fingerprint density at radius 2 is 1.62 bits per heavy atom. The molecule has 164 valence electrons. The first-order valence-electron chi connectivity index (χ1n) is 10.8. The third kappa shape index (κ3) is 4.67. The predicted octanol–water partition coefficient (Wildman–Crippen LogP) is 4.21. The molecule has 1 heterocycles. The lowest BCUT2D eigenvalue weighted by atomic mass is 9.88. The fourth-order valence-electron chi connectivity index (χ4n) is 4.41. The molecule has 0 radical (unpaired) electrons. The highest BCUT2D eigenvalue weighted by molar-refractivity contribution is 5.95. The van der Waals surface area contributed by atoms with Crippen LogP contribution in [0.3, 0.4) is 0 Å². The van der Waals surface area contributed by atoms with E-state index < -0.39 is 0 Å². The quantitative estimate of drug-likeness (QED) is 0.591. The van der Waals surface area contributed by atoms with Gasteiger partial charge in [-0.1, -0.05) is 60.7 Å². The minimum Gasteiger partial charge on any atom is -0.497 e. The Hall–Kier alpha value is -3.60. The number of nitrogens with zero attached hydrogens (tertiary/aromatic N) is 2. The van der Waals surface area contributed by atoms with Crippen molar-refractivity contribution < 1.29 is 14.3 Å². The smallest absolute Gasteiger partial charge is 0.253 e. The maximum absolute atomic E-state index is 13.5. The van der Waals surface area contributed by atoms with Crippen LogP contribution in [0.5, 0.6) is 5.75 Å². The molecule has 0 unspecified atom stereocenters. The van der Waals surface area contributed by atoms with Gasteiger partial charge in [0.05, 0.1) is 13.0 Å². The molecule has 0 bridgehead atoms. The van der Waals surface area contributed by atoms with Crippen LogP contribution in [0.15, 0.2) is 84.9 Å². The van der Waals surface area contributed by atoms with Gasteiger partial charge >= 0.3 is 0 Å². The molecule has 2 atom stereocenters. The van der Waals surface area contributed by atoms with Crippen molar-refractivity contribution in [1.82, 2.24) is 9.80 Å². The summed E-state index contributed by atoms with van der Waals surface area (Å²) in [5.41, 5.74) is 2.73. The monoisotopic (exact) mass is 428 g/mol. The van der Waals surface area contributed by atoms with Crippen molar-refractivity contribution in [2.45, 2.75) is 12.5 Å². The third-order valence-electron chi connectivity index (χ3n) is 6.11. The van der Waals surface area contributed by atoms with E-state index in [2.05, 4.69) is 0 Å². The van der Waals surface area contributed by atoms with E-state index in [4.69, 9.17) is 4.74 Å². The van der Waals surface area contributed by atoms with Gasteiger partial charge in [0.15, 0.2) is 0 Å². The summed E-state index contributed by atoms with van der Waals surface area (Å²) in [5, 5.41) is 0. The summed E-state index contributed by atoms with van der Waals surface area (Å²) in [6.45, 7) is 1.43. The first-order chi connectivity index (χ1) is 15.6. The zero-order valence-corrected chi connectivity index (χ0v) is 18.5. The molecule has 5 heteroatoms. The molecule has 0 aliphatic carbocycles. The summed E-state index contributed by atoms with van der Waals surface area (Å²) < 4.78 is 5.40. The average molecular weight is 429 g/mol. The van der Waals surface area contributed by atoms with Crippen LogP contribution in [-0.2, 0) is 11.3 Å². The van der Waals surface area contributed by atoms with Crippen LogP contribution < -0.4 is 4.74 Å². The minimum absolute atomic E-state index is 0.0421. The van der Waals surface area contributed by atoms with Gasteiger partial charge in [0.2, 0.25) is 5.91 Å². The van der Waals surface area contributed by atoms with Gasteiger partial charge in [-0.2, -0.15) is 0 Å². The van der Waals surface area contributed by atoms with Gasteiger partial charge in [0.25, 0.3) is 5.91 Å². The van der Waals surface area contributed by atoms with Crippen LogP contribution >= 0.6 is 0 Å². The summed E-state index contributed by atoms with van der Waals surface area (Å²) in [6, 6.07) is 27.0. The maximum atomic E-state index is 13.5. The van der Waals surface area contributed by atoms with Gasteiger partial charge in [-0.25, -0.2) is 0 Å². The average Bonchev–Trinajstić information content (AvgIpc) is 3.29. The van der Waals surface area contributed by atoms with E-state index in [1.807, 2.05) is 92.0 Å². The maximum Gasteiger partial charge on any atom is 0.253 e. The van der Waals surface area contributed by atoms with Crippen LogP contribution in [0, 0.1) is 5.92 Å². The molecule has 1 aliphatic heterocycles. The zero-order valence-electron chi connectivity index (χ0n) is 18.5. The number of benzene rings is 3. The third-order valence-corrected chi connectivity index (χ3v) is 6.11. The second-order valence-corrected chi connectivity index (χ2v) is 8.25. The number of likely N-dealkylation sites (tertiary alicyclic amines) is 1. The Labute approximate surface area is 189 Å². The molecule has 4 rings (SSSR count). The number of amides is 2. The second kappa shape index (κ2) is 9.69. The largest absolute Gasteiger partial charge is 0.497 e. The van der Waals surface area contributed by atoms with Crippen LogP contribution in [0.1, 0.15) is 27.4 Å². The molecule has 1 aliphatic rings. The Morgan fingerprint density at radius 3 is 2.31 bits per heavy atom. The molecule has 1 fully saturated rings. The van der Waals surface area contributed by atoms with E-state index in [9.17, 15) is 9.59 Å². The van der Waals surface area contributed by atoms with Crippen LogP contribution in [0.4, 0.5) is 0 Å². The van der Waals surface area contributed by atoms with Crippen molar-refractivity contribution in [3.8, 4) is 5.75 Å². The van der Waals surface area contributed by atoms with Crippen LogP contribution in [-0.4, -0.2) is 48.9 Å². The summed E-state index contributed by atoms with van der Waals surface area (Å²) in [7, 11) is 3.47. The number of hydrogen-bond acceptors (Lipinski definition) is 3. The van der Waals surface area contributed by atoms with Gasteiger partial charge in [0.1, 0.15) is 5.75 Å². The summed E-state index contributed by atoms with van der Waals surface area (Å²) in [6.07, 6.45) is 0. The fourth-order valence-corrected chi connectivity index (χ4v) is 4.41. The van der Waals surface area contributed by atoms with Crippen molar-refractivity contribution in [1.29, 1.82) is 0 Å². The Balaban J connectivity index is 1.60. The molecular formula is C27H28N2O3. The number of carbonyl (C=O) groups is 2. The van der Waals surface area contributed by atoms with Crippen molar-refractivity contribution >= 4 is 11.8 Å². The lowest BCUT2D eigenvalue weighted by Crippen LogP contribution is -2.36. The molecule has 1 saturated heterocycles.